The summed E-state index contributed by atoms with van der Waals surface area (Å²) in [6.45, 7) is 1.10. The molecule has 1 spiro atoms. The van der Waals surface area contributed by atoms with Crippen molar-refractivity contribution in [2.24, 2.45) is 0 Å². The Labute approximate surface area is 107 Å². The maximum atomic E-state index is 11.9. The summed E-state index contributed by atoms with van der Waals surface area (Å²) in [7, 11) is 0. The normalized spacial score (nSPS) is 30.8. The minimum atomic E-state index is -0.294. The lowest BCUT2D eigenvalue weighted by molar-refractivity contribution is -0.00534. The van der Waals surface area contributed by atoms with E-state index >= 15 is 0 Å². The summed E-state index contributed by atoms with van der Waals surface area (Å²) < 4.78 is 5.57. The molecule has 0 bridgehead atoms. The highest BCUT2D eigenvalue weighted by Gasteiger charge is 2.41. The highest BCUT2D eigenvalue weighted by atomic mass is 16.5. The summed E-state index contributed by atoms with van der Waals surface area (Å²) in [4.78, 5) is 15.9. The largest absolute Gasteiger partial charge is 0.458 e. The molecule has 0 radical (unpaired) electrons. The number of pyridine rings is 1. The molecule has 1 saturated carbocycles. The summed E-state index contributed by atoms with van der Waals surface area (Å²) >= 11 is 0. The van der Waals surface area contributed by atoms with Crippen LogP contribution in [0.1, 0.15) is 42.6 Å². The van der Waals surface area contributed by atoms with Crippen LogP contribution >= 0.6 is 0 Å². The number of esters is 1. The second-order valence-corrected chi connectivity index (χ2v) is 5.30. The van der Waals surface area contributed by atoms with Gasteiger partial charge in [-0.25, -0.2) is 9.78 Å². The first kappa shape index (κ1) is 11.7. The Morgan fingerprint density at radius 1 is 1.44 bits per heavy atom. The predicted octanol–water partition coefficient (Wildman–Crippen LogP) is 1.91. The van der Waals surface area contributed by atoms with Crippen molar-refractivity contribution in [3.8, 4) is 0 Å². The molecule has 3 rings (SSSR count). The number of carbonyl (C=O) groups excluding carboxylic acids is 1. The molecule has 2 atom stereocenters. The fraction of sp³-hybridized carbons (Fsp3) is 0.571. The van der Waals surface area contributed by atoms with Gasteiger partial charge in [-0.15, -0.1) is 0 Å². The van der Waals surface area contributed by atoms with Gasteiger partial charge in [0, 0.05) is 18.2 Å². The Balaban J connectivity index is 1.61. The number of nitrogens with zero attached hydrogens (tertiary/aromatic N) is 1. The average Bonchev–Trinajstić information content (AvgIpc) is 2.38. The molecular formula is C14H18N2O2. The van der Waals surface area contributed by atoms with E-state index in [9.17, 15) is 4.79 Å². The number of carbonyl (C=O) groups is 1. The highest BCUT2D eigenvalue weighted by Crippen LogP contribution is 2.36. The summed E-state index contributed by atoms with van der Waals surface area (Å²) in [5, 5.41) is 3.50. The van der Waals surface area contributed by atoms with Gasteiger partial charge in [0.15, 0.2) is 0 Å². The number of hydrogen-bond donors (Lipinski definition) is 1. The molecule has 1 aromatic rings. The Morgan fingerprint density at radius 2 is 2.33 bits per heavy atom. The lowest BCUT2D eigenvalue weighted by Gasteiger charge is -2.48. The quantitative estimate of drug-likeness (QED) is 0.810. The van der Waals surface area contributed by atoms with Crippen LogP contribution in [0.4, 0.5) is 0 Å². The van der Waals surface area contributed by atoms with E-state index in [1.165, 1.54) is 12.8 Å². The summed E-state index contributed by atoms with van der Waals surface area (Å²) in [5.74, 6) is -0.294. The zero-order valence-corrected chi connectivity index (χ0v) is 10.4. The van der Waals surface area contributed by atoms with Crippen molar-refractivity contribution in [2.75, 3.05) is 6.54 Å². The second kappa shape index (κ2) is 4.69. The summed E-state index contributed by atoms with van der Waals surface area (Å²) in [5.41, 5.74) is 0.659. The fourth-order valence-electron chi connectivity index (χ4n) is 2.97. The van der Waals surface area contributed by atoms with Gasteiger partial charge in [0.2, 0.25) is 0 Å². The zero-order valence-electron chi connectivity index (χ0n) is 10.4. The van der Waals surface area contributed by atoms with Gasteiger partial charge in [-0.05, 0) is 44.4 Å². The van der Waals surface area contributed by atoms with Gasteiger partial charge in [0.1, 0.15) is 11.8 Å². The van der Waals surface area contributed by atoms with Crippen LogP contribution in [0.3, 0.4) is 0 Å². The summed E-state index contributed by atoms with van der Waals surface area (Å²) in [6.07, 6.45) is 7.14. The molecule has 2 aliphatic rings. The molecule has 96 valence electrons. The Morgan fingerprint density at radius 3 is 3.00 bits per heavy atom. The van der Waals surface area contributed by atoms with Crippen LogP contribution in [-0.2, 0) is 4.74 Å². The van der Waals surface area contributed by atoms with Crippen molar-refractivity contribution >= 4 is 5.97 Å². The van der Waals surface area contributed by atoms with Crippen LogP contribution in [-0.4, -0.2) is 29.1 Å². The zero-order chi connectivity index (χ0) is 12.4. The van der Waals surface area contributed by atoms with Crippen LogP contribution in [0.5, 0.6) is 0 Å². The maximum absolute atomic E-state index is 11.9. The molecule has 2 unspecified atom stereocenters. The van der Waals surface area contributed by atoms with E-state index in [0.717, 1.165) is 25.8 Å². The molecule has 2 heterocycles. The number of rotatable bonds is 2. The van der Waals surface area contributed by atoms with E-state index in [-0.39, 0.29) is 17.6 Å². The van der Waals surface area contributed by atoms with Crippen LogP contribution in [0, 0.1) is 0 Å². The molecule has 1 aromatic heterocycles. The third kappa shape index (κ3) is 2.25. The lowest BCUT2D eigenvalue weighted by Crippen LogP contribution is -2.60. The highest BCUT2D eigenvalue weighted by molar-refractivity contribution is 5.87. The molecule has 1 aliphatic heterocycles. The van der Waals surface area contributed by atoms with Gasteiger partial charge >= 0.3 is 5.97 Å². The molecule has 0 amide bonds. The molecule has 1 saturated heterocycles. The Bertz CT molecular complexity index is 429. The van der Waals surface area contributed by atoms with E-state index in [0.29, 0.717) is 5.69 Å². The molecular weight excluding hydrogens is 228 g/mol. The van der Waals surface area contributed by atoms with Crippen molar-refractivity contribution in [3.05, 3.63) is 30.1 Å². The van der Waals surface area contributed by atoms with E-state index in [4.69, 9.17) is 4.74 Å². The topological polar surface area (TPSA) is 51.2 Å². The van der Waals surface area contributed by atoms with E-state index in [1.54, 1.807) is 24.4 Å². The van der Waals surface area contributed by atoms with Crippen LogP contribution < -0.4 is 5.32 Å². The van der Waals surface area contributed by atoms with E-state index < -0.39 is 0 Å². The fourth-order valence-corrected chi connectivity index (χ4v) is 2.97. The molecule has 0 aromatic carbocycles. The first-order valence-corrected chi connectivity index (χ1v) is 6.65. The average molecular weight is 246 g/mol. The Hall–Kier alpha value is -1.42. The number of hydrogen-bond acceptors (Lipinski definition) is 4. The minimum absolute atomic E-state index is 0.0426. The van der Waals surface area contributed by atoms with Gasteiger partial charge < -0.3 is 10.1 Å². The number of nitrogens with one attached hydrogen (secondary N) is 1. The molecule has 4 heteroatoms. The first-order chi connectivity index (χ1) is 8.77. The SMILES string of the molecule is O=C(OC1CCCC2(CCN2)C1)c1ccccn1. The Kier molecular flexibility index (Phi) is 3.04. The van der Waals surface area contributed by atoms with E-state index in [2.05, 4.69) is 10.3 Å². The van der Waals surface area contributed by atoms with Gasteiger partial charge in [-0.2, -0.15) is 0 Å². The van der Waals surface area contributed by atoms with Crippen molar-refractivity contribution in [1.29, 1.82) is 0 Å². The van der Waals surface area contributed by atoms with Gasteiger partial charge in [-0.1, -0.05) is 6.07 Å². The number of aromatic nitrogens is 1. The van der Waals surface area contributed by atoms with Crippen molar-refractivity contribution in [3.63, 3.8) is 0 Å². The van der Waals surface area contributed by atoms with Crippen molar-refractivity contribution < 1.29 is 9.53 Å². The maximum Gasteiger partial charge on any atom is 0.357 e. The smallest absolute Gasteiger partial charge is 0.357 e. The van der Waals surface area contributed by atoms with Crippen LogP contribution in [0.2, 0.25) is 0 Å². The van der Waals surface area contributed by atoms with Gasteiger partial charge in [-0.3, -0.25) is 0 Å². The molecule has 1 aliphatic carbocycles. The van der Waals surface area contributed by atoms with Crippen molar-refractivity contribution in [1.82, 2.24) is 10.3 Å². The predicted molar refractivity (Wildman–Crippen MR) is 67.3 cm³/mol. The van der Waals surface area contributed by atoms with Gasteiger partial charge in [0.25, 0.3) is 0 Å². The molecule has 2 fully saturated rings. The molecule has 4 nitrogen and oxygen atoms in total. The van der Waals surface area contributed by atoms with Gasteiger partial charge in [0.05, 0.1) is 0 Å². The first-order valence-electron chi connectivity index (χ1n) is 6.65. The lowest BCUT2D eigenvalue weighted by atomic mass is 9.73. The second-order valence-electron chi connectivity index (χ2n) is 5.30. The van der Waals surface area contributed by atoms with Crippen LogP contribution in [0.25, 0.3) is 0 Å². The van der Waals surface area contributed by atoms with Crippen LogP contribution in [0.15, 0.2) is 24.4 Å². The monoisotopic (exact) mass is 246 g/mol. The van der Waals surface area contributed by atoms with E-state index in [1.807, 2.05) is 0 Å². The summed E-state index contributed by atoms with van der Waals surface area (Å²) in [6, 6.07) is 5.30. The molecule has 1 N–H and O–H groups in total. The van der Waals surface area contributed by atoms with Crippen molar-refractivity contribution in [2.45, 2.75) is 43.7 Å². The minimum Gasteiger partial charge on any atom is -0.458 e. The molecule has 18 heavy (non-hydrogen) atoms. The third-order valence-corrected chi connectivity index (χ3v) is 4.05. The number of ether oxygens (including phenoxy) is 1. The third-order valence-electron chi connectivity index (χ3n) is 4.05. The standard InChI is InChI=1S/C14H18N2O2/c17-13(12-5-1-2-8-15-12)18-11-4-3-6-14(10-11)7-9-16-14/h1-2,5,8,11,16H,3-4,6-7,9-10H2.